The minimum absolute atomic E-state index is 0.0755. The topological polar surface area (TPSA) is 38.8 Å². The average Bonchev–Trinajstić information content (AvgIpc) is 2.78. The Kier molecular flexibility index (Phi) is 5.96. The van der Waals surface area contributed by atoms with E-state index in [1.807, 2.05) is 71.6 Å². The van der Waals surface area contributed by atoms with Crippen molar-refractivity contribution in [2.75, 3.05) is 20.8 Å². The second kappa shape index (κ2) is 8.80. The highest BCUT2D eigenvalue weighted by atomic mass is 35.5. The van der Waals surface area contributed by atoms with Crippen molar-refractivity contribution in [2.45, 2.75) is 18.9 Å². The van der Waals surface area contributed by atoms with Crippen molar-refractivity contribution in [3.8, 4) is 11.5 Å². The molecule has 0 aromatic heterocycles. The highest BCUT2D eigenvalue weighted by molar-refractivity contribution is 6.31. The van der Waals surface area contributed by atoms with Gasteiger partial charge in [-0.25, -0.2) is 0 Å². The molecule has 0 fully saturated rings. The fourth-order valence-corrected chi connectivity index (χ4v) is 4.36. The fourth-order valence-electron chi connectivity index (χ4n) is 4.12. The molecular formula is C25H24ClNO3. The molecule has 5 heteroatoms. The minimum atomic E-state index is -0.279. The number of benzene rings is 3. The molecule has 0 aliphatic carbocycles. The van der Waals surface area contributed by atoms with E-state index in [-0.39, 0.29) is 11.9 Å². The third-order valence-corrected chi connectivity index (χ3v) is 5.94. The Balaban J connectivity index is 1.80. The quantitative estimate of drug-likeness (QED) is 0.577. The van der Waals surface area contributed by atoms with Crippen LogP contribution in [-0.2, 0) is 17.6 Å². The van der Waals surface area contributed by atoms with E-state index in [1.165, 1.54) is 0 Å². The lowest BCUT2D eigenvalue weighted by molar-refractivity contribution is -0.132. The molecule has 0 spiro atoms. The maximum atomic E-state index is 13.4. The van der Waals surface area contributed by atoms with Crippen molar-refractivity contribution in [3.63, 3.8) is 0 Å². The standard InChI is InChI=1S/C25H24ClNO3/c1-29-22-15-18-12-13-27(24(28)14-17-8-4-3-5-9-17)25(20(18)16-23(22)30-2)19-10-6-7-11-21(19)26/h3-11,15-16,25H,12-14H2,1-2H3. The van der Waals surface area contributed by atoms with Gasteiger partial charge in [-0.2, -0.15) is 0 Å². The van der Waals surface area contributed by atoms with Crippen molar-refractivity contribution in [3.05, 3.63) is 94.0 Å². The molecule has 154 valence electrons. The van der Waals surface area contributed by atoms with Crippen LogP contribution in [0, 0.1) is 0 Å². The van der Waals surface area contributed by atoms with Crippen LogP contribution >= 0.6 is 11.6 Å². The van der Waals surface area contributed by atoms with Crippen LogP contribution in [0.25, 0.3) is 0 Å². The third-order valence-electron chi connectivity index (χ3n) is 5.59. The number of methoxy groups -OCH3 is 2. The molecule has 0 radical (unpaired) electrons. The first-order valence-electron chi connectivity index (χ1n) is 9.95. The van der Waals surface area contributed by atoms with Crippen LogP contribution in [0.1, 0.15) is 28.3 Å². The number of amides is 1. The molecule has 1 atom stereocenters. The molecule has 1 aliphatic rings. The molecule has 0 saturated carbocycles. The maximum absolute atomic E-state index is 13.4. The van der Waals surface area contributed by atoms with Gasteiger partial charge in [0.2, 0.25) is 5.91 Å². The lowest BCUT2D eigenvalue weighted by Gasteiger charge is -2.38. The first kappa shape index (κ1) is 20.3. The van der Waals surface area contributed by atoms with Gasteiger partial charge >= 0.3 is 0 Å². The van der Waals surface area contributed by atoms with Crippen molar-refractivity contribution in [2.24, 2.45) is 0 Å². The van der Waals surface area contributed by atoms with E-state index in [2.05, 4.69) is 0 Å². The predicted molar refractivity (Wildman–Crippen MR) is 118 cm³/mol. The van der Waals surface area contributed by atoms with Gasteiger partial charge in [-0.15, -0.1) is 0 Å². The summed E-state index contributed by atoms with van der Waals surface area (Å²) in [5, 5.41) is 0.641. The molecular weight excluding hydrogens is 398 g/mol. The number of hydrogen-bond donors (Lipinski definition) is 0. The van der Waals surface area contributed by atoms with Crippen LogP contribution in [0.2, 0.25) is 5.02 Å². The molecule has 0 saturated heterocycles. The third kappa shape index (κ3) is 3.88. The van der Waals surface area contributed by atoms with Crippen molar-refractivity contribution >= 4 is 17.5 Å². The zero-order valence-corrected chi connectivity index (χ0v) is 17.9. The zero-order valence-electron chi connectivity index (χ0n) is 17.1. The highest BCUT2D eigenvalue weighted by Gasteiger charge is 2.34. The van der Waals surface area contributed by atoms with Gasteiger partial charge in [-0.05, 0) is 46.9 Å². The molecule has 1 aliphatic heterocycles. The van der Waals surface area contributed by atoms with Gasteiger partial charge in [0.1, 0.15) is 0 Å². The van der Waals surface area contributed by atoms with Crippen LogP contribution in [0.15, 0.2) is 66.7 Å². The molecule has 0 bridgehead atoms. The Morgan fingerprint density at radius 1 is 0.967 bits per heavy atom. The number of fused-ring (bicyclic) bond motifs is 1. The smallest absolute Gasteiger partial charge is 0.227 e. The van der Waals surface area contributed by atoms with Gasteiger partial charge in [0.15, 0.2) is 11.5 Å². The Morgan fingerprint density at radius 2 is 1.63 bits per heavy atom. The molecule has 1 heterocycles. The van der Waals surface area contributed by atoms with Crippen LogP contribution in [0.5, 0.6) is 11.5 Å². The Hall–Kier alpha value is -2.98. The molecule has 1 amide bonds. The van der Waals surface area contributed by atoms with E-state index >= 15 is 0 Å². The maximum Gasteiger partial charge on any atom is 0.227 e. The summed E-state index contributed by atoms with van der Waals surface area (Å²) < 4.78 is 11.0. The predicted octanol–water partition coefficient (Wildman–Crippen LogP) is 5.07. The van der Waals surface area contributed by atoms with Gasteiger partial charge in [0, 0.05) is 11.6 Å². The molecule has 0 N–H and O–H groups in total. The second-order valence-electron chi connectivity index (χ2n) is 7.33. The Morgan fingerprint density at radius 3 is 2.33 bits per heavy atom. The van der Waals surface area contributed by atoms with E-state index in [0.717, 1.165) is 28.7 Å². The Labute approximate surface area is 182 Å². The number of halogens is 1. The molecule has 4 nitrogen and oxygen atoms in total. The lowest BCUT2D eigenvalue weighted by atomic mass is 9.87. The first-order chi connectivity index (χ1) is 14.6. The highest BCUT2D eigenvalue weighted by Crippen LogP contribution is 2.42. The van der Waals surface area contributed by atoms with Crippen LogP contribution in [0.3, 0.4) is 0 Å². The molecule has 3 aromatic rings. The SMILES string of the molecule is COc1cc2c(cc1OC)C(c1ccccc1Cl)N(C(=O)Cc1ccccc1)CC2. The summed E-state index contributed by atoms with van der Waals surface area (Å²) in [6.45, 7) is 0.615. The Bertz CT molecular complexity index is 1050. The van der Waals surface area contributed by atoms with Gasteiger partial charge in [-0.1, -0.05) is 60.1 Å². The van der Waals surface area contributed by atoms with E-state index in [1.54, 1.807) is 14.2 Å². The summed E-state index contributed by atoms with van der Waals surface area (Å²) >= 11 is 6.59. The number of carbonyl (C=O) groups is 1. The summed E-state index contributed by atoms with van der Waals surface area (Å²) in [7, 11) is 3.25. The second-order valence-corrected chi connectivity index (χ2v) is 7.74. The average molecular weight is 422 g/mol. The number of nitrogens with zero attached hydrogens (tertiary/aromatic N) is 1. The van der Waals surface area contributed by atoms with Gasteiger partial charge in [-0.3, -0.25) is 4.79 Å². The van der Waals surface area contributed by atoms with Gasteiger partial charge in [0.25, 0.3) is 0 Å². The van der Waals surface area contributed by atoms with Gasteiger partial charge < -0.3 is 14.4 Å². The van der Waals surface area contributed by atoms with Crippen LogP contribution < -0.4 is 9.47 Å². The molecule has 4 rings (SSSR count). The van der Waals surface area contributed by atoms with Crippen LogP contribution in [0.4, 0.5) is 0 Å². The van der Waals surface area contributed by atoms with E-state index < -0.39 is 0 Å². The number of carbonyl (C=O) groups excluding carboxylic acids is 1. The van der Waals surface area contributed by atoms with E-state index in [0.29, 0.717) is 29.5 Å². The summed E-state index contributed by atoms with van der Waals surface area (Å²) in [6.07, 6.45) is 1.10. The monoisotopic (exact) mass is 421 g/mol. The molecule has 1 unspecified atom stereocenters. The summed E-state index contributed by atoms with van der Waals surface area (Å²) in [6, 6.07) is 21.2. The normalized spacial score (nSPS) is 15.4. The van der Waals surface area contributed by atoms with Crippen molar-refractivity contribution < 1.29 is 14.3 Å². The fraction of sp³-hybridized carbons (Fsp3) is 0.240. The van der Waals surface area contributed by atoms with E-state index in [9.17, 15) is 4.79 Å². The largest absolute Gasteiger partial charge is 0.493 e. The summed E-state index contributed by atoms with van der Waals surface area (Å²) in [5.41, 5.74) is 4.07. The van der Waals surface area contributed by atoms with Crippen molar-refractivity contribution in [1.82, 2.24) is 4.90 Å². The summed E-state index contributed by atoms with van der Waals surface area (Å²) in [4.78, 5) is 15.3. The van der Waals surface area contributed by atoms with Crippen molar-refractivity contribution in [1.29, 1.82) is 0 Å². The summed E-state index contributed by atoms with van der Waals surface area (Å²) in [5.74, 6) is 1.41. The number of rotatable bonds is 5. The zero-order chi connectivity index (χ0) is 21.1. The number of ether oxygens (including phenoxy) is 2. The lowest BCUT2D eigenvalue weighted by Crippen LogP contribution is -2.41. The minimum Gasteiger partial charge on any atom is -0.493 e. The molecule has 3 aromatic carbocycles. The first-order valence-corrected chi connectivity index (χ1v) is 10.3. The van der Waals surface area contributed by atoms with Gasteiger partial charge in [0.05, 0.1) is 26.7 Å². The van der Waals surface area contributed by atoms with E-state index in [4.69, 9.17) is 21.1 Å². The molecule has 30 heavy (non-hydrogen) atoms. The number of hydrogen-bond acceptors (Lipinski definition) is 3. The van der Waals surface area contributed by atoms with Crippen LogP contribution in [-0.4, -0.2) is 31.6 Å².